The van der Waals surface area contributed by atoms with E-state index in [2.05, 4.69) is 5.10 Å². The molecule has 1 aromatic rings. The van der Waals surface area contributed by atoms with E-state index in [9.17, 15) is 18.0 Å². The number of hydrogen-bond donors (Lipinski definition) is 0. The average molecular weight is 296 g/mol. The van der Waals surface area contributed by atoms with Crippen molar-refractivity contribution in [2.75, 3.05) is 14.1 Å². The van der Waals surface area contributed by atoms with E-state index in [1.165, 1.54) is 14.1 Å². The van der Waals surface area contributed by atoms with Gasteiger partial charge in [0.1, 0.15) is 0 Å². The summed E-state index contributed by atoms with van der Waals surface area (Å²) in [5.74, 6) is -1.14. The van der Waals surface area contributed by atoms with E-state index in [4.69, 9.17) is 12.2 Å². The molecule has 0 spiro atoms. The first-order valence-electron chi connectivity index (χ1n) is 5.68. The minimum absolute atomic E-state index is 0.0882. The summed E-state index contributed by atoms with van der Waals surface area (Å²) in [4.78, 5) is 12.8. The molecule has 0 unspecified atom stereocenters. The Morgan fingerprint density at radius 2 is 2.00 bits per heavy atom. The average Bonchev–Trinajstić information content (AvgIpc) is 2.62. The fourth-order valence-corrected chi connectivity index (χ4v) is 1.73. The van der Waals surface area contributed by atoms with Crippen molar-refractivity contribution in [3.8, 4) is 0 Å². The monoisotopic (exact) mass is 296 g/mol. The third kappa shape index (κ3) is 3.34. The highest BCUT2D eigenvalue weighted by Crippen LogP contribution is 2.28. The molecule has 0 aliphatic heterocycles. The maximum absolute atomic E-state index is 12.9. The van der Waals surface area contributed by atoms with Crippen molar-refractivity contribution in [1.82, 2.24) is 19.2 Å². The van der Waals surface area contributed by atoms with Gasteiger partial charge in [0, 0.05) is 20.6 Å². The van der Waals surface area contributed by atoms with E-state index >= 15 is 0 Å². The lowest BCUT2D eigenvalue weighted by Gasteiger charge is -2.08. The van der Waals surface area contributed by atoms with Gasteiger partial charge >= 0.3 is 12.2 Å². The van der Waals surface area contributed by atoms with Crippen LogP contribution in [0, 0.1) is 4.77 Å². The molecule has 0 aliphatic carbocycles. The number of alkyl halides is 3. The molecule has 0 saturated heterocycles. The van der Waals surface area contributed by atoms with Crippen molar-refractivity contribution in [1.29, 1.82) is 0 Å². The molecule has 9 heteroatoms. The van der Waals surface area contributed by atoms with Crippen molar-refractivity contribution in [3.63, 3.8) is 0 Å². The van der Waals surface area contributed by atoms with Crippen LogP contribution in [0.3, 0.4) is 0 Å². The molecule has 5 nitrogen and oxygen atoms in total. The van der Waals surface area contributed by atoms with Crippen LogP contribution in [-0.4, -0.2) is 39.4 Å². The summed E-state index contributed by atoms with van der Waals surface area (Å²) in [6.07, 6.45) is -3.40. The zero-order chi connectivity index (χ0) is 14.8. The van der Waals surface area contributed by atoms with Crippen LogP contribution in [0.15, 0.2) is 0 Å². The van der Waals surface area contributed by atoms with E-state index in [0.717, 1.165) is 9.47 Å². The summed E-state index contributed by atoms with van der Waals surface area (Å²) in [6, 6.07) is -0.703. The summed E-state index contributed by atoms with van der Waals surface area (Å²) in [7, 11) is 2.84. The molecule has 0 radical (unpaired) electrons. The minimum atomic E-state index is -4.64. The highest BCUT2D eigenvalue weighted by molar-refractivity contribution is 7.71. The lowest BCUT2D eigenvalue weighted by Crippen LogP contribution is -2.28. The first-order valence-corrected chi connectivity index (χ1v) is 6.09. The van der Waals surface area contributed by atoms with Crippen LogP contribution in [-0.2, 0) is 12.7 Å². The predicted octanol–water partition coefficient (Wildman–Crippen LogP) is 2.76. The van der Waals surface area contributed by atoms with E-state index in [-0.39, 0.29) is 11.3 Å². The second-order valence-corrected chi connectivity index (χ2v) is 4.56. The summed E-state index contributed by atoms with van der Waals surface area (Å²) >= 11 is 4.91. The van der Waals surface area contributed by atoms with Crippen molar-refractivity contribution in [3.05, 3.63) is 10.6 Å². The Kier molecular flexibility index (Phi) is 4.72. The fraction of sp³-hybridized carbons (Fsp3) is 0.700. The molecule has 0 saturated carbocycles. The van der Waals surface area contributed by atoms with Gasteiger partial charge in [-0.15, -0.1) is 5.10 Å². The van der Waals surface area contributed by atoms with Gasteiger partial charge in [-0.1, -0.05) is 13.3 Å². The highest BCUT2D eigenvalue weighted by atomic mass is 32.1. The number of nitrogens with zero attached hydrogens (tertiary/aromatic N) is 4. The molecular weight excluding hydrogens is 281 g/mol. The lowest BCUT2D eigenvalue weighted by atomic mass is 10.3. The van der Waals surface area contributed by atoms with Crippen LogP contribution in [0.4, 0.5) is 18.0 Å². The highest BCUT2D eigenvalue weighted by Gasteiger charge is 2.38. The lowest BCUT2D eigenvalue weighted by molar-refractivity contribution is -0.147. The molecule has 0 aliphatic rings. The number of aromatic nitrogens is 3. The van der Waals surface area contributed by atoms with Gasteiger partial charge in [0.15, 0.2) is 0 Å². The Hall–Kier alpha value is -1.38. The van der Waals surface area contributed by atoms with Crippen LogP contribution < -0.4 is 0 Å². The van der Waals surface area contributed by atoms with Crippen LogP contribution >= 0.6 is 12.2 Å². The molecule has 108 valence electrons. The van der Waals surface area contributed by atoms with Gasteiger partial charge in [0.25, 0.3) is 0 Å². The molecule has 0 fully saturated rings. The van der Waals surface area contributed by atoms with Crippen molar-refractivity contribution >= 4 is 18.2 Å². The molecule has 1 rings (SSSR count). The normalized spacial score (nSPS) is 11.7. The van der Waals surface area contributed by atoms with Gasteiger partial charge in [-0.2, -0.15) is 17.9 Å². The summed E-state index contributed by atoms with van der Waals surface area (Å²) in [6.45, 7) is 1.94. The molecule has 0 bridgehead atoms. The fourth-order valence-electron chi connectivity index (χ4n) is 1.44. The molecule has 1 amide bonds. The van der Waals surface area contributed by atoms with E-state index in [0.29, 0.717) is 17.5 Å². The first kappa shape index (κ1) is 15.7. The van der Waals surface area contributed by atoms with Crippen molar-refractivity contribution in [2.45, 2.75) is 32.5 Å². The SMILES string of the molecule is CCCCn1c(C(F)(F)F)nn(C(=O)N(C)C)c1=S. The van der Waals surface area contributed by atoms with Crippen molar-refractivity contribution in [2.24, 2.45) is 0 Å². The third-order valence-corrected chi connectivity index (χ3v) is 2.81. The second-order valence-electron chi connectivity index (χ2n) is 4.20. The van der Waals surface area contributed by atoms with Crippen molar-refractivity contribution < 1.29 is 18.0 Å². The molecular formula is C10H15F3N4OS. The Morgan fingerprint density at radius 3 is 2.42 bits per heavy atom. The first-order chi connectivity index (χ1) is 8.70. The molecule has 1 aromatic heterocycles. The molecule has 0 aromatic carbocycles. The Labute approximate surface area is 113 Å². The van der Waals surface area contributed by atoms with E-state index in [1.54, 1.807) is 0 Å². The Morgan fingerprint density at radius 1 is 1.42 bits per heavy atom. The molecule has 19 heavy (non-hydrogen) atoms. The Balaban J connectivity index is 3.35. The number of hydrogen-bond acceptors (Lipinski definition) is 3. The van der Waals surface area contributed by atoms with Crippen LogP contribution in [0.1, 0.15) is 25.6 Å². The third-order valence-electron chi connectivity index (χ3n) is 2.42. The number of carbonyl (C=O) groups excluding carboxylic acids is 1. The predicted molar refractivity (Wildman–Crippen MR) is 65.4 cm³/mol. The second kappa shape index (κ2) is 5.72. The van der Waals surface area contributed by atoms with Crippen LogP contribution in [0.5, 0.6) is 0 Å². The zero-order valence-corrected chi connectivity index (χ0v) is 11.7. The zero-order valence-electron chi connectivity index (χ0n) is 10.9. The number of amides is 1. The van der Waals surface area contributed by atoms with Crippen LogP contribution in [0.2, 0.25) is 0 Å². The van der Waals surface area contributed by atoms with Crippen LogP contribution in [0.25, 0.3) is 0 Å². The van der Waals surface area contributed by atoms with Gasteiger partial charge < -0.3 is 4.90 Å². The summed E-state index contributed by atoms with van der Waals surface area (Å²) in [5.41, 5.74) is 0. The maximum atomic E-state index is 12.9. The molecule has 0 N–H and O–H groups in total. The number of unbranched alkanes of at least 4 members (excludes halogenated alkanes) is 1. The quantitative estimate of drug-likeness (QED) is 0.806. The van der Waals surface area contributed by atoms with Gasteiger partial charge in [0.05, 0.1) is 0 Å². The number of rotatable bonds is 3. The van der Waals surface area contributed by atoms with Gasteiger partial charge in [-0.3, -0.25) is 4.57 Å². The van der Waals surface area contributed by atoms with Gasteiger partial charge in [-0.05, 0) is 18.6 Å². The summed E-state index contributed by atoms with van der Waals surface area (Å²) in [5, 5.41) is 3.31. The van der Waals surface area contributed by atoms with E-state index in [1.807, 2.05) is 6.92 Å². The maximum Gasteiger partial charge on any atom is 0.451 e. The Bertz CT molecular complexity index is 518. The topological polar surface area (TPSA) is 43.1 Å². The van der Waals surface area contributed by atoms with Gasteiger partial charge in [0.2, 0.25) is 10.6 Å². The smallest absolute Gasteiger partial charge is 0.329 e. The van der Waals surface area contributed by atoms with E-state index < -0.39 is 18.0 Å². The largest absolute Gasteiger partial charge is 0.451 e. The molecule has 1 heterocycles. The standard InChI is InChI=1S/C10H15F3N4OS/c1-4-5-6-16-7(10(11,12)13)14-17(9(16)19)8(18)15(2)3/h4-6H2,1-3H3. The minimum Gasteiger partial charge on any atom is -0.329 e. The number of halogens is 3. The summed E-state index contributed by atoms with van der Waals surface area (Å²) < 4.78 is 39.8. The van der Waals surface area contributed by atoms with Gasteiger partial charge in [-0.25, -0.2) is 4.79 Å². The number of carbonyl (C=O) groups is 1. The molecule has 0 atom stereocenters.